The lowest BCUT2D eigenvalue weighted by molar-refractivity contribution is -0.188. The van der Waals surface area contributed by atoms with Gasteiger partial charge in [0.05, 0.1) is 0 Å². The van der Waals surface area contributed by atoms with Gasteiger partial charge < -0.3 is 5.11 Å². The van der Waals surface area contributed by atoms with Crippen LogP contribution in [-0.2, 0) is 4.79 Å². The third kappa shape index (κ3) is 3.66. The fourth-order valence-electron chi connectivity index (χ4n) is 0.470. The van der Waals surface area contributed by atoms with Crippen molar-refractivity contribution in [3.63, 3.8) is 0 Å². The number of hydrogen-bond acceptors (Lipinski definition) is 2. The summed E-state index contributed by atoms with van der Waals surface area (Å²) in [7, 11) is 0. The van der Waals surface area contributed by atoms with Crippen molar-refractivity contribution < 1.29 is 23.1 Å². The van der Waals surface area contributed by atoms with Crippen LogP contribution < -0.4 is 0 Å². The van der Waals surface area contributed by atoms with Crippen molar-refractivity contribution in [3.8, 4) is 0 Å². The molecule has 0 aliphatic heterocycles. The molecule has 2 nitrogen and oxygen atoms in total. The van der Waals surface area contributed by atoms with Crippen LogP contribution in [0.1, 0.15) is 0 Å². The number of hydrogen-bond donors (Lipinski definition) is 1. The number of carboxylic acid groups (broad SMARTS) is 1. The van der Waals surface area contributed by atoms with Crippen LogP contribution in [0, 0.1) is 5.92 Å². The zero-order valence-electron chi connectivity index (χ0n) is 5.97. The van der Waals surface area contributed by atoms with Crippen LogP contribution in [0.4, 0.5) is 13.2 Å². The summed E-state index contributed by atoms with van der Waals surface area (Å²) in [6.45, 7) is 3.18. The highest BCUT2D eigenvalue weighted by molar-refractivity contribution is 8.02. The van der Waals surface area contributed by atoms with Gasteiger partial charge in [0.15, 0.2) is 5.92 Å². The van der Waals surface area contributed by atoms with Gasteiger partial charge in [0.1, 0.15) is 0 Å². The normalized spacial score (nSPS) is 13.9. The van der Waals surface area contributed by atoms with Gasteiger partial charge in [0, 0.05) is 5.75 Å². The number of thioether (sulfide) groups is 1. The lowest BCUT2D eigenvalue weighted by atomic mass is 10.2. The average Bonchev–Trinajstić information content (AvgIpc) is 1.84. The van der Waals surface area contributed by atoms with E-state index in [9.17, 15) is 18.0 Å². The van der Waals surface area contributed by atoms with Crippen LogP contribution in [0.25, 0.3) is 0 Å². The van der Waals surface area contributed by atoms with Crippen molar-refractivity contribution in [2.45, 2.75) is 6.18 Å². The van der Waals surface area contributed by atoms with Gasteiger partial charge >= 0.3 is 12.1 Å². The summed E-state index contributed by atoms with van der Waals surface area (Å²) in [5, 5.41) is 9.35. The smallest absolute Gasteiger partial charge is 0.403 e. The summed E-state index contributed by atoms with van der Waals surface area (Å²) >= 11 is 0.734. The molecule has 12 heavy (non-hydrogen) atoms. The Morgan fingerprint density at radius 2 is 2.17 bits per heavy atom. The molecule has 70 valence electrons. The van der Waals surface area contributed by atoms with Crippen LogP contribution in [0.5, 0.6) is 0 Å². The van der Waals surface area contributed by atoms with Crippen molar-refractivity contribution in [3.05, 3.63) is 12.0 Å². The zero-order chi connectivity index (χ0) is 9.78. The first-order valence-corrected chi connectivity index (χ1v) is 3.96. The molecule has 0 aliphatic rings. The van der Waals surface area contributed by atoms with E-state index in [1.54, 1.807) is 0 Å². The number of alkyl halides is 3. The molecule has 0 aromatic rings. The number of rotatable bonds is 4. The maximum Gasteiger partial charge on any atom is 0.403 e. The fraction of sp³-hybridized carbons (Fsp3) is 0.500. The third-order valence-electron chi connectivity index (χ3n) is 1.07. The Hall–Kier alpha value is -0.650. The second-order valence-electron chi connectivity index (χ2n) is 1.93. The molecule has 6 heteroatoms. The summed E-state index contributed by atoms with van der Waals surface area (Å²) in [4.78, 5) is 10.1. The van der Waals surface area contributed by atoms with Gasteiger partial charge in [-0.25, -0.2) is 0 Å². The SMILES string of the molecule is C=CSCC(C(=O)O)C(F)(F)F. The molecule has 0 amide bonds. The minimum absolute atomic E-state index is 0.525. The van der Waals surface area contributed by atoms with Crippen LogP contribution >= 0.6 is 11.8 Å². The highest BCUT2D eigenvalue weighted by atomic mass is 32.2. The van der Waals surface area contributed by atoms with Crippen LogP contribution in [0.2, 0.25) is 0 Å². The van der Waals surface area contributed by atoms with E-state index < -0.39 is 23.8 Å². The Labute approximate surface area is 71.4 Å². The monoisotopic (exact) mass is 200 g/mol. The summed E-state index contributed by atoms with van der Waals surface area (Å²) in [6.07, 6.45) is -4.68. The van der Waals surface area contributed by atoms with E-state index in [0.29, 0.717) is 0 Å². The molecule has 0 aromatic carbocycles. The van der Waals surface area contributed by atoms with Gasteiger partial charge in [-0.1, -0.05) is 6.58 Å². The Morgan fingerprint density at radius 1 is 1.67 bits per heavy atom. The first-order valence-electron chi connectivity index (χ1n) is 2.91. The van der Waals surface area contributed by atoms with Crippen LogP contribution in [-0.4, -0.2) is 23.0 Å². The molecule has 1 N–H and O–H groups in total. The molecular formula is C6H7F3O2S. The molecule has 0 bridgehead atoms. The maximum atomic E-state index is 11.9. The molecule has 0 radical (unpaired) electrons. The van der Waals surface area contributed by atoms with Gasteiger partial charge in [0.25, 0.3) is 0 Å². The molecule has 0 fully saturated rings. The Kier molecular flexibility index (Phi) is 4.16. The molecule has 0 spiro atoms. The largest absolute Gasteiger partial charge is 0.481 e. The molecule has 1 unspecified atom stereocenters. The quantitative estimate of drug-likeness (QED) is 0.755. The molecule has 1 atom stereocenters. The lowest BCUT2D eigenvalue weighted by Crippen LogP contribution is -2.32. The van der Waals surface area contributed by atoms with E-state index in [-0.39, 0.29) is 0 Å². The molecule has 0 aromatic heterocycles. The predicted molar refractivity (Wildman–Crippen MR) is 39.8 cm³/mol. The predicted octanol–water partition coefficient (Wildman–Crippen LogP) is 2.13. The van der Waals surface area contributed by atoms with Crippen molar-refractivity contribution in [2.24, 2.45) is 5.92 Å². The highest BCUT2D eigenvalue weighted by Gasteiger charge is 2.44. The van der Waals surface area contributed by atoms with Crippen molar-refractivity contribution >= 4 is 17.7 Å². The fourth-order valence-corrected chi connectivity index (χ4v) is 1.13. The van der Waals surface area contributed by atoms with Crippen LogP contribution in [0.3, 0.4) is 0 Å². The Bertz CT molecular complexity index is 178. The third-order valence-corrected chi connectivity index (χ3v) is 1.84. The van der Waals surface area contributed by atoms with Gasteiger partial charge in [0.2, 0.25) is 0 Å². The molecule has 0 saturated heterocycles. The maximum absolute atomic E-state index is 11.9. The standard InChI is InChI=1S/C6H7F3O2S/c1-2-12-3-4(5(10)11)6(7,8)9/h2,4H,1,3H2,(H,10,11). The molecule has 0 rings (SSSR count). The van der Waals surface area contributed by atoms with Gasteiger partial charge in [-0.05, 0) is 5.41 Å². The number of carboxylic acids is 1. The minimum Gasteiger partial charge on any atom is -0.481 e. The first-order chi connectivity index (χ1) is 5.39. The summed E-state index contributed by atoms with van der Waals surface area (Å²) < 4.78 is 35.6. The Balaban J connectivity index is 4.24. The molecular weight excluding hydrogens is 193 g/mol. The minimum atomic E-state index is -4.68. The van der Waals surface area contributed by atoms with Crippen molar-refractivity contribution in [1.29, 1.82) is 0 Å². The van der Waals surface area contributed by atoms with E-state index in [4.69, 9.17) is 5.11 Å². The van der Waals surface area contributed by atoms with Gasteiger partial charge in [-0.15, -0.1) is 11.8 Å². The summed E-state index contributed by atoms with van der Waals surface area (Å²) in [6, 6.07) is 0. The van der Waals surface area contributed by atoms with E-state index in [2.05, 4.69) is 6.58 Å². The number of carbonyl (C=O) groups is 1. The molecule has 0 heterocycles. The summed E-state index contributed by atoms with van der Waals surface area (Å²) in [5.74, 6) is -4.68. The zero-order valence-corrected chi connectivity index (χ0v) is 6.78. The molecule has 0 aliphatic carbocycles. The van der Waals surface area contributed by atoms with Gasteiger partial charge in [-0.2, -0.15) is 13.2 Å². The second-order valence-corrected chi connectivity index (χ2v) is 2.93. The van der Waals surface area contributed by atoms with E-state index in [1.165, 1.54) is 5.41 Å². The van der Waals surface area contributed by atoms with E-state index >= 15 is 0 Å². The lowest BCUT2D eigenvalue weighted by Gasteiger charge is -2.13. The van der Waals surface area contributed by atoms with Crippen molar-refractivity contribution in [2.75, 3.05) is 5.75 Å². The van der Waals surface area contributed by atoms with Gasteiger partial charge in [-0.3, -0.25) is 4.79 Å². The number of aliphatic carboxylic acids is 1. The van der Waals surface area contributed by atoms with E-state index in [0.717, 1.165) is 11.8 Å². The molecule has 0 saturated carbocycles. The topological polar surface area (TPSA) is 37.3 Å². The summed E-state index contributed by atoms with van der Waals surface area (Å²) in [5.41, 5.74) is 0. The first kappa shape index (κ1) is 11.4. The average molecular weight is 200 g/mol. The van der Waals surface area contributed by atoms with Crippen molar-refractivity contribution in [1.82, 2.24) is 0 Å². The second kappa shape index (κ2) is 4.39. The Morgan fingerprint density at radius 3 is 2.42 bits per heavy atom. The van der Waals surface area contributed by atoms with Crippen LogP contribution in [0.15, 0.2) is 12.0 Å². The number of halogens is 3. The highest BCUT2D eigenvalue weighted by Crippen LogP contribution is 2.29. The van der Waals surface area contributed by atoms with E-state index in [1.807, 2.05) is 0 Å².